The minimum absolute atomic E-state index is 0.291. The third kappa shape index (κ3) is 4.02. The average Bonchev–Trinajstić information content (AvgIpc) is 3.27. The maximum Gasteiger partial charge on any atom is 0.274 e. The lowest BCUT2D eigenvalue weighted by atomic mass is 10.0. The summed E-state index contributed by atoms with van der Waals surface area (Å²) in [7, 11) is 0. The second-order valence-electron chi connectivity index (χ2n) is 7.90. The summed E-state index contributed by atoms with van der Waals surface area (Å²) in [6, 6.07) is 17.5. The summed E-state index contributed by atoms with van der Waals surface area (Å²) in [5.74, 6) is -0.324. The molecule has 2 aromatic heterocycles. The number of rotatable bonds is 4. The van der Waals surface area contributed by atoms with E-state index >= 15 is 0 Å². The van der Waals surface area contributed by atoms with Crippen LogP contribution in [-0.4, -0.2) is 47.4 Å². The normalized spacial score (nSPS) is 13.6. The zero-order chi connectivity index (χ0) is 22.8. The highest BCUT2D eigenvalue weighted by molar-refractivity contribution is 6.06. The third-order valence-corrected chi connectivity index (χ3v) is 5.75. The summed E-state index contributed by atoms with van der Waals surface area (Å²) in [6.45, 7) is 4.83. The molecule has 8 nitrogen and oxygen atoms in total. The van der Waals surface area contributed by atoms with Crippen LogP contribution in [0.15, 0.2) is 54.7 Å². The summed E-state index contributed by atoms with van der Waals surface area (Å²) < 4.78 is 5.51. The van der Waals surface area contributed by atoms with Gasteiger partial charge in [0.2, 0.25) is 0 Å². The lowest BCUT2D eigenvalue weighted by molar-refractivity contribution is 0.102. The van der Waals surface area contributed by atoms with Gasteiger partial charge in [-0.25, -0.2) is 4.98 Å². The summed E-state index contributed by atoms with van der Waals surface area (Å²) in [6.07, 6.45) is 1.40. The fraction of sp³-hybridized carbons (Fsp3) is 0.200. The van der Waals surface area contributed by atoms with E-state index in [1.54, 1.807) is 13.0 Å². The predicted octanol–water partition coefficient (Wildman–Crippen LogP) is 3.89. The van der Waals surface area contributed by atoms with E-state index in [0.717, 1.165) is 40.9 Å². The number of H-pyrrole nitrogens is 1. The van der Waals surface area contributed by atoms with Gasteiger partial charge in [-0.1, -0.05) is 18.2 Å². The minimum atomic E-state index is -0.324. The number of carbonyl (C=O) groups excluding carboxylic acids is 1. The lowest BCUT2D eigenvalue weighted by Gasteiger charge is -2.30. The monoisotopic (exact) mass is 438 g/mol. The van der Waals surface area contributed by atoms with Gasteiger partial charge in [-0.2, -0.15) is 10.4 Å². The van der Waals surface area contributed by atoms with Crippen molar-refractivity contribution in [3.05, 3.63) is 71.5 Å². The van der Waals surface area contributed by atoms with Gasteiger partial charge in [0.25, 0.3) is 5.91 Å². The number of aromatic amines is 1. The van der Waals surface area contributed by atoms with Crippen LogP contribution in [0, 0.1) is 18.3 Å². The molecule has 0 spiro atoms. The highest BCUT2D eigenvalue weighted by Gasteiger charge is 2.19. The molecule has 164 valence electrons. The van der Waals surface area contributed by atoms with E-state index in [9.17, 15) is 4.79 Å². The highest BCUT2D eigenvalue weighted by atomic mass is 16.5. The van der Waals surface area contributed by atoms with Crippen molar-refractivity contribution in [2.75, 3.05) is 36.5 Å². The number of ether oxygens (including phenoxy) is 1. The second-order valence-corrected chi connectivity index (χ2v) is 7.90. The number of hydrogen-bond acceptors (Lipinski definition) is 6. The number of aryl methyl sites for hydroxylation is 1. The molecule has 0 bridgehead atoms. The number of amides is 1. The Bertz CT molecular complexity index is 1380. The SMILES string of the molecule is Cc1cc(C#N)cnc1C(=O)Nc1ccc2[nH]nc(-c3ccccc3N3CCOCC3)c2c1. The number of anilines is 2. The maximum absolute atomic E-state index is 12.8. The molecule has 1 aliphatic heterocycles. The van der Waals surface area contributed by atoms with E-state index in [-0.39, 0.29) is 5.91 Å². The Morgan fingerprint density at radius 2 is 2.00 bits per heavy atom. The topological polar surface area (TPSA) is 107 Å². The average molecular weight is 438 g/mol. The van der Waals surface area contributed by atoms with Crippen molar-refractivity contribution in [3.8, 4) is 17.3 Å². The van der Waals surface area contributed by atoms with E-state index in [0.29, 0.717) is 35.7 Å². The Labute approximate surface area is 190 Å². The Morgan fingerprint density at radius 3 is 2.79 bits per heavy atom. The number of benzene rings is 2. The van der Waals surface area contributed by atoms with Crippen LogP contribution in [0.1, 0.15) is 21.6 Å². The predicted molar refractivity (Wildman–Crippen MR) is 126 cm³/mol. The van der Waals surface area contributed by atoms with Crippen LogP contribution in [0.3, 0.4) is 0 Å². The first kappa shape index (κ1) is 20.7. The molecule has 0 aliphatic carbocycles. The molecule has 1 amide bonds. The molecule has 0 unspecified atom stereocenters. The Hall–Kier alpha value is -4.22. The summed E-state index contributed by atoms with van der Waals surface area (Å²) in [5.41, 5.74) is 5.86. The number of aromatic nitrogens is 3. The van der Waals surface area contributed by atoms with Crippen LogP contribution >= 0.6 is 0 Å². The molecule has 2 N–H and O–H groups in total. The molecule has 5 rings (SSSR count). The molecule has 4 aromatic rings. The molecular weight excluding hydrogens is 416 g/mol. The standard InChI is InChI=1S/C25H22N6O2/c1-16-12-17(14-26)15-27-23(16)25(32)28-18-6-7-21-20(13-18)24(30-29-21)19-4-2-3-5-22(19)31-8-10-33-11-9-31/h2-7,12-13,15H,8-11H2,1H3,(H,28,32)(H,29,30). The summed E-state index contributed by atoms with van der Waals surface area (Å²) in [4.78, 5) is 19.3. The number of fused-ring (bicyclic) bond motifs is 1. The van der Waals surface area contributed by atoms with Crippen LogP contribution in [0.5, 0.6) is 0 Å². The van der Waals surface area contributed by atoms with Crippen LogP contribution in [0.4, 0.5) is 11.4 Å². The van der Waals surface area contributed by atoms with Crippen molar-refractivity contribution in [1.29, 1.82) is 5.26 Å². The molecular formula is C25H22N6O2. The first-order valence-corrected chi connectivity index (χ1v) is 10.7. The zero-order valence-electron chi connectivity index (χ0n) is 18.1. The van der Waals surface area contributed by atoms with Crippen molar-refractivity contribution >= 4 is 28.2 Å². The molecule has 1 aliphatic rings. The number of nitrogens with zero attached hydrogens (tertiary/aromatic N) is 4. The number of nitrogens with one attached hydrogen (secondary N) is 2. The van der Waals surface area contributed by atoms with Crippen molar-refractivity contribution in [1.82, 2.24) is 15.2 Å². The summed E-state index contributed by atoms with van der Waals surface area (Å²) in [5, 5.41) is 20.6. The molecule has 0 saturated carbocycles. The van der Waals surface area contributed by atoms with Crippen molar-refractivity contribution in [2.24, 2.45) is 0 Å². The van der Waals surface area contributed by atoms with Gasteiger partial charge < -0.3 is 15.0 Å². The molecule has 3 heterocycles. The van der Waals surface area contributed by atoms with E-state index < -0.39 is 0 Å². The van der Waals surface area contributed by atoms with Gasteiger partial charge in [0.15, 0.2) is 0 Å². The Kier molecular flexibility index (Phi) is 5.47. The molecule has 1 saturated heterocycles. The molecule has 2 aromatic carbocycles. The van der Waals surface area contributed by atoms with Crippen LogP contribution in [-0.2, 0) is 4.74 Å². The largest absolute Gasteiger partial charge is 0.378 e. The van der Waals surface area contributed by atoms with E-state index in [4.69, 9.17) is 10.00 Å². The Balaban J connectivity index is 1.48. The number of hydrogen-bond donors (Lipinski definition) is 2. The van der Waals surface area contributed by atoms with Gasteiger partial charge in [-0.05, 0) is 42.8 Å². The number of nitriles is 1. The molecule has 33 heavy (non-hydrogen) atoms. The van der Waals surface area contributed by atoms with Gasteiger partial charge in [0.1, 0.15) is 17.5 Å². The van der Waals surface area contributed by atoms with Crippen molar-refractivity contribution < 1.29 is 9.53 Å². The number of pyridine rings is 1. The third-order valence-electron chi connectivity index (χ3n) is 5.75. The minimum Gasteiger partial charge on any atom is -0.378 e. The Morgan fingerprint density at radius 1 is 1.18 bits per heavy atom. The highest BCUT2D eigenvalue weighted by Crippen LogP contribution is 2.35. The van der Waals surface area contributed by atoms with Gasteiger partial charge in [-0.15, -0.1) is 0 Å². The molecule has 0 atom stereocenters. The molecule has 0 radical (unpaired) electrons. The van der Waals surface area contributed by atoms with Crippen molar-refractivity contribution in [2.45, 2.75) is 6.92 Å². The lowest BCUT2D eigenvalue weighted by Crippen LogP contribution is -2.36. The number of morpholine rings is 1. The van der Waals surface area contributed by atoms with E-state index in [1.807, 2.05) is 36.4 Å². The van der Waals surface area contributed by atoms with Crippen LogP contribution in [0.25, 0.3) is 22.2 Å². The fourth-order valence-corrected chi connectivity index (χ4v) is 4.11. The summed E-state index contributed by atoms with van der Waals surface area (Å²) >= 11 is 0. The molecule has 8 heteroatoms. The fourth-order valence-electron chi connectivity index (χ4n) is 4.11. The van der Waals surface area contributed by atoms with E-state index in [2.05, 4.69) is 37.5 Å². The van der Waals surface area contributed by atoms with Gasteiger partial charge in [0, 0.05) is 41.6 Å². The van der Waals surface area contributed by atoms with Crippen LogP contribution < -0.4 is 10.2 Å². The quantitative estimate of drug-likeness (QED) is 0.501. The van der Waals surface area contributed by atoms with Gasteiger partial charge in [0.05, 0.1) is 24.3 Å². The van der Waals surface area contributed by atoms with Gasteiger partial charge in [-0.3, -0.25) is 9.89 Å². The van der Waals surface area contributed by atoms with E-state index in [1.165, 1.54) is 6.20 Å². The van der Waals surface area contributed by atoms with Crippen LogP contribution in [0.2, 0.25) is 0 Å². The first-order valence-electron chi connectivity index (χ1n) is 10.7. The maximum atomic E-state index is 12.8. The smallest absolute Gasteiger partial charge is 0.274 e. The zero-order valence-corrected chi connectivity index (χ0v) is 18.1. The first-order chi connectivity index (χ1) is 16.1. The number of para-hydroxylation sites is 1. The van der Waals surface area contributed by atoms with Crippen molar-refractivity contribution in [3.63, 3.8) is 0 Å². The molecule has 1 fully saturated rings. The van der Waals surface area contributed by atoms with Gasteiger partial charge >= 0.3 is 0 Å². The number of carbonyl (C=O) groups is 1. The second kappa shape index (κ2) is 8.73.